The highest BCUT2D eigenvalue weighted by atomic mass is 16.3. The van der Waals surface area contributed by atoms with Crippen molar-refractivity contribution in [2.24, 2.45) is 5.92 Å². The Balaban J connectivity index is 2.93. The Morgan fingerprint density at radius 2 is 2.06 bits per heavy atom. The van der Waals surface area contributed by atoms with Crippen LogP contribution in [0.15, 0.2) is 18.2 Å². The van der Waals surface area contributed by atoms with Gasteiger partial charge in [-0.1, -0.05) is 26.3 Å². The molecule has 1 rings (SSSR count). The number of benzene rings is 1. The molecule has 1 unspecified atom stereocenters. The summed E-state index contributed by atoms with van der Waals surface area (Å²) in [6.07, 6.45) is 1.06. The molecule has 0 bridgehead atoms. The van der Waals surface area contributed by atoms with E-state index < -0.39 is 0 Å². The van der Waals surface area contributed by atoms with E-state index in [-0.39, 0.29) is 11.7 Å². The highest BCUT2D eigenvalue weighted by Crippen LogP contribution is 2.21. The number of carbonyl (C=O) groups is 1. The number of aromatic hydroxyl groups is 1. The van der Waals surface area contributed by atoms with Crippen molar-refractivity contribution in [3.05, 3.63) is 29.3 Å². The molecule has 18 heavy (non-hydrogen) atoms. The number of hydrogen-bond acceptors (Lipinski definition) is 2. The van der Waals surface area contributed by atoms with Gasteiger partial charge in [0.2, 0.25) is 0 Å². The van der Waals surface area contributed by atoms with E-state index in [1.807, 2.05) is 11.8 Å². The standard InChI is InChI=1S/C15H23NO2/c1-5-11(3)10-16(6-2)15(18)13-8-7-9-14(17)12(13)4/h7-9,11,17H,5-6,10H2,1-4H3. The molecule has 0 saturated heterocycles. The van der Waals surface area contributed by atoms with E-state index in [9.17, 15) is 9.90 Å². The lowest BCUT2D eigenvalue weighted by molar-refractivity contribution is 0.0739. The maximum absolute atomic E-state index is 12.4. The van der Waals surface area contributed by atoms with Crippen molar-refractivity contribution in [1.29, 1.82) is 0 Å². The summed E-state index contributed by atoms with van der Waals surface area (Å²) in [5.41, 5.74) is 1.25. The van der Waals surface area contributed by atoms with Crippen LogP contribution in [0.1, 0.15) is 43.1 Å². The normalized spacial score (nSPS) is 12.2. The summed E-state index contributed by atoms with van der Waals surface area (Å²) in [5.74, 6) is 0.679. The van der Waals surface area contributed by atoms with Gasteiger partial charge in [-0.15, -0.1) is 0 Å². The van der Waals surface area contributed by atoms with E-state index in [1.54, 1.807) is 25.1 Å². The van der Waals surface area contributed by atoms with E-state index in [1.165, 1.54) is 0 Å². The Hall–Kier alpha value is -1.51. The van der Waals surface area contributed by atoms with Gasteiger partial charge in [-0.05, 0) is 31.9 Å². The number of amides is 1. The van der Waals surface area contributed by atoms with Crippen molar-refractivity contribution < 1.29 is 9.90 Å². The van der Waals surface area contributed by atoms with Crippen LogP contribution in [0.5, 0.6) is 5.75 Å². The van der Waals surface area contributed by atoms with Gasteiger partial charge < -0.3 is 10.0 Å². The summed E-state index contributed by atoms with van der Waals surface area (Å²) in [5, 5.41) is 9.66. The number of hydrogen-bond donors (Lipinski definition) is 1. The number of nitrogens with zero attached hydrogens (tertiary/aromatic N) is 1. The average Bonchev–Trinajstić information content (AvgIpc) is 2.38. The van der Waals surface area contributed by atoms with Crippen LogP contribution in [-0.4, -0.2) is 29.0 Å². The Labute approximate surface area is 109 Å². The van der Waals surface area contributed by atoms with Crippen LogP contribution in [0.25, 0.3) is 0 Å². The van der Waals surface area contributed by atoms with E-state index in [4.69, 9.17) is 0 Å². The van der Waals surface area contributed by atoms with Crippen molar-refractivity contribution >= 4 is 5.91 Å². The van der Waals surface area contributed by atoms with Gasteiger partial charge >= 0.3 is 0 Å². The molecular formula is C15H23NO2. The second-order valence-electron chi connectivity index (χ2n) is 4.81. The van der Waals surface area contributed by atoms with Crippen molar-refractivity contribution in [1.82, 2.24) is 4.90 Å². The summed E-state index contributed by atoms with van der Waals surface area (Å²) < 4.78 is 0. The van der Waals surface area contributed by atoms with Crippen molar-refractivity contribution in [3.8, 4) is 5.75 Å². The number of phenols is 1. The molecule has 100 valence electrons. The lowest BCUT2D eigenvalue weighted by Gasteiger charge is -2.25. The fraction of sp³-hybridized carbons (Fsp3) is 0.533. The highest BCUT2D eigenvalue weighted by Gasteiger charge is 2.18. The first-order valence-electron chi connectivity index (χ1n) is 6.59. The molecule has 0 radical (unpaired) electrons. The molecule has 1 amide bonds. The maximum Gasteiger partial charge on any atom is 0.254 e. The molecule has 0 aliphatic rings. The van der Waals surface area contributed by atoms with Crippen LogP contribution < -0.4 is 0 Å². The molecule has 0 heterocycles. The second kappa shape index (κ2) is 6.43. The van der Waals surface area contributed by atoms with Crippen LogP contribution in [0.2, 0.25) is 0 Å². The van der Waals surface area contributed by atoms with Crippen molar-refractivity contribution in [2.75, 3.05) is 13.1 Å². The van der Waals surface area contributed by atoms with Gasteiger partial charge in [-0.25, -0.2) is 0 Å². The zero-order valence-corrected chi connectivity index (χ0v) is 11.7. The van der Waals surface area contributed by atoms with Crippen LogP contribution in [-0.2, 0) is 0 Å². The minimum Gasteiger partial charge on any atom is -0.508 e. The van der Waals surface area contributed by atoms with Gasteiger partial charge in [0.1, 0.15) is 5.75 Å². The number of carbonyl (C=O) groups excluding carboxylic acids is 1. The SMILES string of the molecule is CCC(C)CN(CC)C(=O)c1cccc(O)c1C. The van der Waals surface area contributed by atoms with Gasteiger partial charge in [-0.2, -0.15) is 0 Å². The third kappa shape index (κ3) is 3.25. The predicted octanol–water partition coefficient (Wildman–Crippen LogP) is 3.21. The molecule has 3 heteroatoms. The largest absolute Gasteiger partial charge is 0.508 e. The second-order valence-corrected chi connectivity index (χ2v) is 4.81. The van der Waals surface area contributed by atoms with E-state index >= 15 is 0 Å². The first kappa shape index (κ1) is 14.6. The fourth-order valence-electron chi connectivity index (χ4n) is 1.89. The smallest absolute Gasteiger partial charge is 0.254 e. The van der Waals surface area contributed by atoms with Crippen LogP contribution in [0, 0.1) is 12.8 Å². The molecule has 0 saturated carbocycles. The van der Waals surface area contributed by atoms with Crippen LogP contribution >= 0.6 is 0 Å². The van der Waals surface area contributed by atoms with E-state index in [0.717, 1.165) is 13.0 Å². The van der Waals surface area contributed by atoms with Gasteiger partial charge in [-0.3, -0.25) is 4.79 Å². The molecule has 1 atom stereocenters. The fourth-order valence-corrected chi connectivity index (χ4v) is 1.89. The molecule has 1 aromatic carbocycles. The zero-order chi connectivity index (χ0) is 13.7. The number of phenolic OH excluding ortho intramolecular Hbond substituents is 1. The summed E-state index contributed by atoms with van der Waals surface area (Å²) in [6.45, 7) is 9.49. The first-order chi connectivity index (χ1) is 8.51. The van der Waals surface area contributed by atoms with Crippen molar-refractivity contribution in [2.45, 2.75) is 34.1 Å². The third-order valence-corrected chi connectivity index (χ3v) is 3.43. The van der Waals surface area contributed by atoms with E-state index in [0.29, 0.717) is 23.6 Å². The highest BCUT2D eigenvalue weighted by molar-refractivity contribution is 5.96. The lowest BCUT2D eigenvalue weighted by atomic mass is 10.0. The third-order valence-electron chi connectivity index (χ3n) is 3.43. The Kier molecular flexibility index (Phi) is 5.20. The monoisotopic (exact) mass is 249 g/mol. The Morgan fingerprint density at radius 1 is 1.39 bits per heavy atom. The van der Waals surface area contributed by atoms with Gasteiger partial charge in [0, 0.05) is 24.2 Å². The molecule has 0 aliphatic carbocycles. The lowest BCUT2D eigenvalue weighted by Crippen LogP contribution is -2.34. The summed E-state index contributed by atoms with van der Waals surface area (Å²) in [4.78, 5) is 14.3. The van der Waals surface area contributed by atoms with Crippen molar-refractivity contribution in [3.63, 3.8) is 0 Å². The molecule has 1 N–H and O–H groups in total. The predicted molar refractivity (Wildman–Crippen MR) is 73.9 cm³/mol. The molecule has 0 aliphatic heterocycles. The minimum atomic E-state index is 0.00574. The number of rotatable bonds is 5. The summed E-state index contributed by atoms with van der Waals surface area (Å²) >= 11 is 0. The average molecular weight is 249 g/mol. The maximum atomic E-state index is 12.4. The summed E-state index contributed by atoms with van der Waals surface area (Å²) in [6, 6.07) is 5.10. The molecule has 0 spiro atoms. The van der Waals surface area contributed by atoms with E-state index in [2.05, 4.69) is 13.8 Å². The van der Waals surface area contributed by atoms with Gasteiger partial charge in [0.15, 0.2) is 0 Å². The zero-order valence-electron chi connectivity index (χ0n) is 11.7. The molecule has 0 aromatic heterocycles. The molecular weight excluding hydrogens is 226 g/mol. The molecule has 0 fully saturated rings. The molecule has 3 nitrogen and oxygen atoms in total. The minimum absolute atomic E-state index is 0.00574. The molecule has 1 aromatic rings. The topological polar surface area (TPSA) is 40.5 Å². The summed E-state index contributed by atoms with van der Waals surface area (Å²) in [7, 11) is 0. The quantitative estimate of drug-likeness (QED) is 0.870. The Bertz CT molecular complexity index is 415. The van der Waals surface area contributed by atoms with Gasteiger partial charge in [0.25, 0.3) is 5.91 Å². The van der Waals surface area contributed by atoms with Crippen LogP contribution in [0.3, 0.4) is 0 Å². The Morgan fingerprint density at radius 3 is 2.61 bits per heavy atom. The van der Waals surface area contributed by atoms with Crippen LogP contribution in [0.4, 0.5) is 0 Å². The van der Waals surface area contributed by atoms with Gasteiger partial charge in [0.05, 0.1) is 0 Å². The first-order valence-corrected chi connectivity index (χ1v) is 6.59.